The first-order valence-corrected chi connectivity index (χ1v) is 12.8. The van der Waals surface area contributed by atoms with Crippen molar-refractivity contribution in [2.45, 2.75) is 31.7 Å². The molecule has 1 aliphatic carbocycles. The number of carbonyl (C=O) groups excluding carboxylic acids is 1. The van der Waals surface area contributed by atoms with E-state index in [1.54, 1.807) is 0 Å². The predicted octanol–water partition coefficient (Wildman–Crippen LogP) is 5.96. The van der Waals surface area contributed by atoms with Crippen LogP contribution < -0.4 is 15.5 Å². The van der Waals surface area contributed by atoms with E-state index in [9.17, 15) is 4.79 Å². The zero-order chi connectivity index (χ0) is 23.7. The van der Waals surface area contributed by atoms with Crippen LogP contribution in [-0.4, -0.2) is 42.6 Å². The molecule has 0 bridgehead atoms. The lowest BCUT2D eigenvalue weighted by atomic mass is 9.86. The minimum atomic E-state index is -0.0766. The molecular formula is C26H28ClN5OS. The molecule has 1 amide bonds. The van der Waals surface area contributed by atoms with Crippen molar-refractivity contribution in [2.24, 2.45) is 5.92 Å². The first-order chi connectivity index (χ1) is 16.5. The van der Waals surface area contributed by atoms with E-state index in [0.29, 0.717) is 34.4 Å². The monoisotopic (exact) mass is 493 g/mol. The molecule has 8 heteroatoms. The summed E-state index contributed by atoms with van der Waals surface area (Å²) in [5.41, 5.74) is 0.944. The third kappa shape index (κ3) is 4.68. The van der Waals surface area contributed by atoms with Gasteiger partial charge in [-0.2, -0.15) is 4.98 Å². The number of carbonyl (C=O) groups is 1. The molecule has 176 valence electrons. The Hall–Kier alpha value is -2.90. The van der Waals surface area contributed by atoms with Crippen LogP contribution in [0.15, 0.2) is 48.5 Å². The molecule has 5 rings (SSSR count). The highest BCUT2D eigenvalue weighted by atomic mass is 35.5. The van der Waals surface area contributed by atoms with Crippen LogP contribution in [0.1, 0.15) is 35.4 Å². The second kappa shape index (κ2) is 9.76. The highest BCUT2D eigenvalue weighted by Gasteiger charge is 2.24. The average molecular weight is 494 g/mol. The van der Waals surface area contributed by atoms with Gasteiger partial charge in [0.2, 0.25) is 5.95 Å². The number of rotatable bonds is 6. The van der Waals surface area contributed by atoms with Crippen molar-refractivity contribution in [2.75, 3.05) is 30.9 Å². The number of para-hydroxylation sites is 1. The maximum absolute atomic E-state index is 12.8. The number of hydrogen-bond donors (Lipinski definition) is 2. The van der Waals surface area contributed by atoms with E-state index in [2.05, 4.69) is 16.7 Å². The normalized spacial score (nSPS) is 18.2. The zero-order valence-electron chi connectivity index (χ0n) is 19.3. The van der Waals surface area contributed by atoms with Gasteiger partial charge in [0, 0.05) is 42.2 Å². The molecule has 4 aromatic rings. The van der Waals surface area contributed by atoms with Gasteiger partial charge in [-0.15, -0.1) is 11.3 Å². The Kier molecular flexibility index (Phi) is 6.57. The van der Waals surface area contributed by atoms with Gasteiger partial charge in [-0.3, -0.25) is 4.79 Å². The van der Waals surface area contributed by atoms with Crippen molar-refractivity contribution >= 4 is 61.6 Å². The lowest BCUT2D eigenvalue weighted by Crippen LogP contribution is -2.34. The van der Waals surface area contributed by atoms with Crippen molar-refractivity contribution in [3.8, 4) is 0 Å². The summed E-state index contributed by atoms with van der Waals surface area (Å²) in [7, 11) is 4.01. The fraction of sp³-hybridized carbons (Fsp3) is 0.346. The third-order valence-electron chi connectivity index (χ3n) is 6.48. The van der Waals surface area contributed by atoms with E-state index in [1.165, 1.54) is 11.3 Å². The molecule has 2 aromatic heterocycles. The minimum Gasteiger partial charge on any atom is -0.362 e. The maximum atomic E-state index is 12.8. The molecule has 1 saturated carbocycles. The summed E-state index contributed by atoms with van der Waals surface area (Å²) < 4.78 is 1.04. The highest BCUT2D eigenvalue weighted by Crippen LogP contribution is 2.35. The van der Waals surface area contributed by atoms with Crippen LogP contribution >= 0.6 is 22.9 Å². The number of fused-ring (bicyclic) bond motifs is 2. The number of benzene rings is 2. The predicted molar refractivity (Wildman–Crippen MR) is 142 cm³/mol. The summed E-state index contributed by atoms with van der Waals surface area (Å²) >= 11 is 7.92. The lowest BCUT2D eigenvalue weighted by Gasteiger charge is -2.29. The highest BCUT2D eigenvalue weighted by molar-refractivity contribution is 7.21. The van der Waals surface area contributed by atoms with Gasteiger partial charge < -0.3 is 15.5 Å². The summed E-state index contributed by atoms with van der Waals surface area (Å²) in [6, 6.07) is 16.3. The number of aromatic nitrogens is 2. The summed E-state index contributed by atoms with van der Waals surface area (Å²) in [6.07, 6.45) is 4.15. The Bertz CT molecular complexity index is 1330. The van der Waals surface area contributed by atoms with Crippen LogP contribution in [0.3, 0.4) is 0 Å². The zero-order valence-corrected chi connectivity index (χ0v) is 20.9. The molecule has 1 fully saturated rings. The van der Waals surface area contributed by atoms with Gasteiger partial charge in [0.15, 0.2) is 0 Å². The minimum absolute atomic E-state index is 0.0766. The van der Waals surface area contributed by atoms with Gasteiger partial charge in [0.25, 0.3) is 5.91 Å². The molecular weight excluding hydrogens is 466 g/mol. The molecule has 0 aliphatic heterocycles. The van der Waals surface area contributed by atoms with Gasteiger partial charge >= 0.3 is 0 Å². The molecule has 0 radical (unpaired) electrons. The van der Waals surface area contributed by atoms with Gasteiger partial charge in [-0.05, 0) is 49.8 Å². The van der Waals surface area contributed by atoms with Crippen LogP contribution in [0, 0.1) is 5.92 Å². The largest absolute Gasteiger partial charge is 0.362 e. The number of thiophene rings is 1. The Morgan fingerprint density at radius 2 is 1.74 bits per heavy atom. The Balaban J connectivity index is 1.17. The lowest BCUT2D eigenvalue weighted by molar-refractivity contribution is 0.0947. The SMILES string of the molecule is CN(C)c1nc(NC2CCC(CNC(=O)c3sc4ccccc4c3Cl)CC2)nc2ccccc12. The van der Waals surface area contributed by atoms with Crippen LogP contribution in [-0.2, 0) is 0 Å². The van der Waals surface area contributed by atoms with Crippen LogP contribution in [0.2, 0.25) is 5.02 Å². The molecule has 34 heavy (non-hydrogen) atoms. The van der Waals surface area contributed by atoms with Crippen LogP contribution in [0.4, 0.5) is 11.8 Å². The number of halogens is 1. The number of hydrogen-bond acceptors (Lipinski definition) is 6. The summed E-state index contributed by atoms with van der Waals surface area (Å²) in [6.45, 7) is 0.674. The van der Waals surface area contributed by atoms with Gasteiger partial charge in [0.05, 0.1) is 10.5 Å². The number of anilines is 2. The molecule has 0 spiro atoms. The van der Waals surface area contributed by atoms with Gasteiger partial charge in [0.1, 0.15) is 10.7 Å². The van der Waals surface area contributed by atoms with Gasteiger partial charge in [-0.1, -0.05) is 41.9 Å². The van der Waals surface area contributed by atoms with E-state index >= 15 is 0 Å². The topological polar surface area (TPSA) is 70.2 Å². The maximum Gasteiger partial charge on any atom is 0.262 e. The molecule has 0 saturated heterocycles. The van der Waals surface area contributed by atoms with Crippen molar-refractivity contribution < 1.29 is 4.79 Å². The van der Waals surface area contributed by atoms with E-state index < -0.39 is 0 Å². The first-order valence-electron chi connectivity index (χ1n) is 11.7. The Morgan fingerprint density at radius 1 is 1.03 bits per heavy atom. The summed E-state index contributed by atoms with van der Waals surface area (Å²) in [5.74, 6) is 1.99. The molecule has 0 atom stereocenters. The average Bonchev–Trinajstić information content (AvgIpc) is 3.19. The Labute approximate surface area is 208 Å². The van der Waals surface area contributed by atoms with E-state index in [0.717, 1.165) is 52.5 Å². The molecule has 1 aliphatic rings. The molecule has 2 aromatic carbocycles. The second-order valence-corrected chi connectivity index (χ2v) is 10.5. The standard InChI is InChI=1S/C26H28ClN5OS/c1-32(2)24-18-7-3-5-9-20(18)30-26(31-24)29-17-13-11-16(12-14-17)15-28-25(33)23-22(27)19-8-4-6-10-21(19)34-23/h3-10,16-17H,11-15H2,1-2H3,(H,28,33)(H,29,30,31). The van der Waals surface area contributed by atoms with Crippen molar-refractivity contribution in [1.82, 2.24) is 15.3 Å². The number of nitrogens with one attached hydrogen (secondary N) is 2. The molecule has 2 heterocycles. The van der Waals surface area contributed by atoms with Crippen LogP contribution in [0.5, 0.6) is 0 Å². The third-order valence-corrected chi connectivity index (χ3v) is 8.15. The number of nitrogens with zero attached hydrogens (tertiary/aromatic N) is 3. The Morgan fingerprint density at radius 3 is 2.47 bits per heavy atom. The van der Waals surface area contributed by atoms with E-state index in [4.69, 9.17) is 21.6 Å². The van der Waals surface area contributed by atoms with Gasteiger partial charge in [-0.25, -0.2) is 4.98 Å². The molecule has 6 nitrogen and oxygen atoms in total. The van der Waals surface area contributed by atoms with E-state index in [-0.39, 0.29) is 5.91 Å². The smallest absolute Gasteiger partial charge is 0.262 e. The fourth-order valence-electron chi connectivity index (χ4n) is 4.64. The number of amides is 1. The van der Waals surface area contributed by atoms with Crippen LogP contribution in [0.25, 0.3) is 21.0 Å². The quantitative estimate of drug-likeness (QED) is 0.346. The first kappa shape index (κ1) is 22.9. The van der Waals surface area contributed by atoms with Crippen molar-refractivity contribution in [3.63, 3.8) is 0 Å². The second-order valence-electron chi connectivity index (χ2n) is 9.10. The van der Waals surface area contributed by atoms with Crippen molar-refractivity contribution in [1.29, 1.82) is 0 Å². The molecule has 2 N–H and O–H groups in total. The summed E-state index contributed by atoms with van der Waals surface area (Å²) in [5, 5.41) is 9.21. The van der Waals surface area contributed by atoms with Crippen molar-refractivity contribution in [3.05, 3.63) is 58.4 Å². The van der Waals surface area contributed by atoms with E-state index in [1.807, 2.05) is 61.5 Å². The molecule has 0 unspecified atom stereocenters. The fourth-order valence-corrected chi connectivity index (χ4v) is 6.07. The summed E-state index contributed by atoms with van der Waals surface area (Å²) in [4.78, 5) is 24.9.